The van der Waals surface area contributed by atoms with Crippen LogP contribution in [0.15, 0.2) is 41.3 Å². The monoisotopic (exact) mass is 372 g/mol. The number of hydrogen-bond donors (Lipinski definition) is 1. The molecule has 0 heterocycles. The molecule has 0 aliphatic carbocycles. The van der Waals surface area contributed by atoms with E-state index in [1.807, 2.05) is 0 Å². The maximum absolute atomic E-state index is 12.5. The molecule has 1 N–H and O–H groups in total. The van der Waals surface area contributed by atoms with Gasteiger partial charge in [0.25, 0.3) is 15.7 Å². The number of sulfonamides is 1. The highest BCUT2D eigenvalue weighted by Crippen LogP contribution is 2.37. The second-order valence-electron chi connectivity index (χ2n) is 4.52. The molecule has 0 unspecified atom stereocenters. The number of nitrogens with one attached hydrogen (secondary N) is 1. The fraction of sp³-hybridized carbons (Fsp3) is 0.143. The molecular weight excluding hydrogens is 360 g/mol. The fourth-order valence-corrected chi connectivity index (χ4v) is 3.45. The van der Waals surface area contributed by atoms with Crippen LogP contribution in [-0.4, -0.2) is 27.6 Å². The summed E-state index contributed by atoms with van der Waals surface area (Å²) in [5, 5.41) is 11.2. The van der Waals surface area contributed by atoms with Crippen LogP contribution in [0.1, 0.15) is 0 Å². The SMILES string of the molecule is COc1cc(OC)c(NS(=O)(=O)c2ccccc2[N+](=O)[O-])cc1Cl. The maximum Gasteiger partial charge on any atom is 0.289 e. The van der Waals surface area contributed by atoms with Gasteiger partial charge in [0, 0.05) is 12.1 Å². The van der Waals surface area contributed by atoms with Gasteiger partial charge in [-0.2, -0.15) is 0 Å². The molecule has 0 aliphatic heterocycles. The number of nitro groups is 1. The Labute approximate surface area is 143 Å². The molecule has 24 heavy (non-hydrogen) atoms. The highest BCUT2D eigenvalue weighted by molar-refractivity contribution is 7.92. The minimum atomic E-state index is -4.23. The Morgan fingerprint density at radius 2 is 1.75 bits per heavy atom. The number of methoxy groups -OCH3 is 2. The van der Waals surface area contributed by atoms with E-state index in [-0.39, 0.29) is 16.5 Å². The van der Waals surface area contributed by atoms with Gasteiger partial charge in [-0.05, 0) is 12.1 Å². The Balaban J connectivity index is 2.51. The number of hydrogen-bond acceptors (Lipinski definition) is 6. The second kappa shape index (κ2) is 6.93. The van der Waals surface area contributed by atoms with Crippen LogP contribution in [0, 0.1) is 10.1 Å². The lowest BCUT2D eigenvalue weighted by molar-refractivity contribution is -0.387. The summed E-state index contributed by atoms with van der Waals surface area (Å²) in [6.45, 7) is 0. The summed E-state index contributed by atoms with van der Waals surface area (Å²) in [7, 11) is -1.49. The number of benzene rings is 2. The zero-order valence-electron chi connectivity index (χ0n) is 12.6. The topological polar surface area (TPSA) is 108 Å². The van der Waals surface area contributed by atoms with Crippen molar-refractivity contribution in [3.8, 4) is 11.5 Å². The number of halogens is 1. The van der Waals surface area contributed by atoms with E-state index >= 15 is 0 Å². The summed E-state index contributed by atoms with van der Waals surface area (Å²) in [6, 6.07) is 7.71. The third-order valence-electron chi connectivity index (χ3n) is 3.07. The van der Waals surface area contributed by atoms with Gasteiger partial charge < -0.3 is 9.47 Å². The third kappa shape index (κ3) is 3.52. The van der Waals surface area contributed by atoms with E-state index in [0.29, 0.717) is 5.75 Å². The van der Waals surface area contributed by atoms with E-state index in [1.54, 1.807) is 0 Å². The number of nitrogens with zero attached hydrogens (tertiary/aromatic N) is 1. The molecule has 128 valence electrons. The van der Waals surface area contributed by atoms with E-state index in [4.69, 9.17) is 21.1 Å². The van der Waals surface area contributed by atoms with Crippen molar-refractivity contribution in [1.82, 2.24) is 0 Å². The van der Waals surface area contributed by atoms with Gasteiger partial charge in [0.15, 0.2) is 4.90 Å². The molecule has 0 atom stereocenters. The summed E-state index contributed by atoms with van der Waals surface area (Å²) in [4.78, 5) is 9.79. The first-order valence-electron chi connectivity index (χ1n) is 6.48. The zero-order valence-corrected chi connectivity index (χ0v) is 14.2. The highest BCUT2D eigenvalue weighted by atomic mass is 35.5. The number of rotatable bonds is 6. The van der Waals surface area contributed by atoms with Crippen molar-refractivity contribution in [3.63, 3.8) is 0 Å². The summed E-state index contributed by atoms with van der Waals surface area (Å²) in [5.74, 6) is 0.445. The van der Waals surface area contributed by atoms with E-state index in [1.165, 1.54) is 38.5 Å². The summed E-state index contributed by atoms with van der Waals surface area (Å²) >= 11 is 5.99. The summed E-state index contributed by atoms with van der Waals surface area (Å²) in [6.07, 6.45) is 0. The van der Waals surface area contributed by atoms with Gasteiger partial charge in [0.05, 0.1) is 29.9 Å². The molecule has 0 aromatic heterocycles. The average Bonchev–Trinajstić information content (AvgIpc) is 2.54. The second-order valence-corrected chi connectivity index (χ2v) is 6.58. The Morgan fingerprint density at radius 1 is 1.12 bits per heavy atom. The third-order valence-corrected chi connectivity index (χ3v) is 4.78. The van der Waals surface area contributed by atoms with Gasteiger partial charge in [-0.25, -0.2) is 8.42 Å². The van der Waals surface area contributed by atoms with Gasteiger partial charge >= 0.3 is 0 Å². The van der Waals surface area contributed by atoms with Crippen LogP contribution < -0.4 is 14.2 Å². The molecule has 2 aromatic carbocycles. The first kappa shape index (κ1) is 17.8. The van der Waals surface area contributed by atoms with Crippen molar-refractivity contribution in [1.29, 1.82) is 0 Å². The quantitative estimate of drug-likeness (QED) is 0.616. The van der Waals surface area contributed by atoms with Crippen molar-refractivity contribution >= 4 is 33.0 Å². The van der Waals surface area contributed by atoms with Crippen molar-refractivity contribution in [2.45, 2.75) is 4.90 Å². The molecule has 0 amide bonds. The Kier molecular flexibility index (Phi) is 5.15. The molecule has 0 bridgehead atoms. The van der Waals surface area contributed by atoms with Gasteiger partial charge in [0.2, 0.25) is 0 Å². The number of nitro benzene ring substituents is 1. The van der Waals surface area contributed by atoms with Gasteiger partial charge in [-0.3, -0.25) is 14.8 Å². The molecule has 10 heteroatoms. The fourth-order valence-electron chi connectivity index (χ4n) is 1.97. The summed E-state index contributed by atoms with van der Waals surface area (Å²) < 4.78 is 37.4. The smallest absolute Gasteiger partial charge is 0.289 e. The number of anilines is 1. The lowest BCUT2D eigenvalue weighted by Gasteiger charge is -2.14. The largest absolute Gasteiger partial charge is 0.495 e. The Bertz CT molecular complexity index is 885. The van der Waals surface area contributed by atoms with Crippen molar-refractivity contribution in [2.75, 3.05) is 18.9 Å². The van der Waals surface area contributed by atoms with Crippen molar-refractivity contribution in [3.05, 3.63) is 51.5 Å². The zero-order chi connectivity index (χ0) is 17.9. The van der Waals surface area contributed by atoms with Crippen LogP contribution in [-0.2, 0) is 10.0 Å². The van der Waals surface area contributed by atoms with Crippen LogP contribution in [0.5, 0.6) is 11.5 Å². The maximum atomic E-state index is 12.5. The lowest BCUT2D eigenvalue weighted by Crippen LogP contribution is -2.15. The number of para-hydroxylation sites is 1. The lowest BCUT2D eigenvalue weighted by atomic mass is 10.3. The molecule has 0 fully saturated rings. The average molecular weight is 373 g/mol. The van der Waals surface area contributed by atoms with Crippen LogP contribution >= 0.6 is 11.6 Å². The Hall–Kier alpha value is -2.52. The molecule has 0 saturated heterocycles. The minimum absolute atomic E-state index is 0.0291. The van der Waals surface area contributed by atoms with Crippen molar-refractivity contribution in [2.24, 2.45) is 0 Å². The van der Waals surface area contributed by atoms with Crippen LogP contribution in [0.2, 0.25) is 5.02 Å². The van der Waals surface area contributed by atoms with Crippen LogP contribution in [0.3, 0.4) is 0 Å². The molecule has 0 spiro atoms. The van der Waals surface area contributed by atoms with Crippen LogP contribution in [0.25, 0.3) is 0 Å². The van der Waals surface area contributed by atoms with Crippen molar-refractivity contribution < 1.29 is 22.8 Å². The predicted octanol–water partition coefficient (Wildman–Crippen LogP) is 3.07. The molecule has 0 saturated carbocycles. The molecule has 8 nitrogen and oxygen atoms in total. The molecular formula is C14H13ClN2O6S. The minimum Gasteiger partial charge on any atom is -0.495 e. The highest BCUT2D eigenvalue weighted by Gasteiger charge is 2.26. The van der Waals surface area contributed by atoms with Gasteiger partial charge in [-0.15, -0.1) is 0 Å². The van der Waals surface area contributed by atoms with E-state index in [0.717, 1.165) is 12.1 Å². The summed E-state index contributed by atoms with van der Waals surface area (Å²) in [5.41, 5.74) is -0.509. The molecule has 0 aliphatic rings. The van der Waals surface area contributed by atoms with E-state index in [2.05, 4.69) is 4.72 Å². The van der Waals surface area contributed by atoms with E-state index in [9.17, 15) is 18.5 Å². The standard InChI is InChI=1S/C14H13ClN2O6S/c1-22-12-8-13(23-2)10(7-9(12)15)16-24(20,21)14-6-4-3-5-11(14)17(18)19/h3-8,16H,1-2H3. The predicted molar refractivity (Wildman–Crippen MR) is 88.5 cm³/mol. The number of ether oxygens (including phenoxy) is 2. The molecule has 0 radical (unpaired) electrons. The van der Waals surface area contributed by atoms with E-state index < -0.39 is 25.5 Å². The molecule has 2 aromatic rings. The van der Waals surface area contributed by atoms with Gasteiger partial charge in [0.1, 0.15) is 11.5 Å². The first-order valence-corrected chi connectivity index (χ1v) is 8.34. The molecule has 2 rings (SSSR count). The first-order chi connectivity index (χ1) is 11.3. The Morgan fingerprint density at radius 3 is 2.33 bits per heavy atom. The van der Waals surface area contributed by atoms with Crippen LogP contribution in [0.4, 0.5) is 11.4 Å². The normalized spacial score (nSPS) is 11.0. The van der Waals surface area contributed by atoms with Gasteiger partial charge in [-0.1, -0.05) is 23.7 Å².